The van der Waals surface area contributed by atoms with Crippen molar-refractivity contribution < 1.29 is 18.0 Å². The summed E-state index contributed by atoms with van der Waals surface area (Å²) in [6.07, 6.45) is 8.54. The van der Waals surface area contributed by atoms with E-state index in [0.717, 1.165) is 48.1 Å². The van der Waals surface area contributed by atoms with Crippen molar-refractivity contribution in [2.45, 2.75) is 38.5 Å². The van der Waals surface area contributed by atoms with Crippen LogP contribution in [0.3, 0.4) is 0 Å². The molecule has 9 nitrogen and oxygen atoms in total. The molecule has 10 heteroatoms. The molecule has 2 aromatic rings. The number of nitrogens with zero attached hydrogens (tertiary/aromatic N) is 5. The van der Waals surface area contributed by atoms with Crippen LogP contribution < -0.4 is 4.90 Å². The molecule has 0 atom stereocenters. The normalized spacial score (nSPS) is 21.7. The Kier molecular flexibility index (Phi) is 5.45. The van der Waals surface area contributed by atoms with Gasteiger partial charge in [0, 0.05) is 39.3 Å². The van der Waals surface area contributed by atoms with Crippen LogP contribution in [-0.2, 0) is 21.2 Å². The Hall–Kier alpha value is -2.46. The van der Waals surface area contributed by atoms with E-state index in [9.17, 15) is 18.0 Å². The largest absolute Gasteiger partial charge is 0.331 e. The Morgan fingerprint density at radius 2 is 1.81 bits per heavy atom. The molecule has 1 saturated carbocycles. The zero-order valence-electron chi connectivity index (χ0n) is 18.3. The summed E-state index contributed by atoms with van der Waals surface area (Å²) >= 11 is 0. The van der Waals surface area contributed by atoms with E-state index in [1.807, 2.05) is 12.3 Å². The maximum Gasteiger partial charge on any atom is 0.331 e. The molecule has 5 rings (SSSR count). The SMILES string of the molecule is CN1C(=O)CCN(c2cnn3ccc(CC4CCN(S(=O)(=O)CC5CC5)CC4)cc23)C1=O. The average molecular weight is 460 g/mol. The number of anilines is 1. The number of aromatic nitrogens is 2. The van der Waals surface area contributed by atoms with Gasteiger partial charge in [0.25, 0.3) is 0 Å². The van der Waals surface area contributed by atoms with Gasteiger partial charge in [0.05, 0.1) is 23.2 Å². The topological polar surface area (TPSA) is 95.3 Å². The van der Waals surface area contributed by atoms with E-state index in [1.165, 1.54) is 7.05 Å². The van der Waals surface area contributed by atoms with Gasteiger partial charge in [-0.1, -0.05) is 0 Å². The first-order valence-corrected chi connectivity index (χ1v) is 12.9. The molecule has 3 amide bonds. The minimum atomic E-state index is -3.11. The molecule has 0 spiro atoms. The molecule has 0 aromatic carbocycles. The second kappa shape index (κ2) is 8.15. The highest BCUT2D eigenvalue weighted by atomic mass is 32.2. The predicted octanol–water partition coefficient (Wildman–Crippen LogP) is 2.12. The zero-order chi connectivity index (χ0) is 22.5. The van der Waals surface area contributed by atoms with Crippen molar-refractivity contribution in [2.75, 3.05) is 37.3 Å². The van der Waals surface area contributed by atoms with Crippen molar-refractivity contribution in [1.29, 1.82) is 0 Å². The minimum absolute atomic E-state index is 0.172. The van der Waals surface area contributed by atoms with Gasteiger partial charge in [0.15, 0.2) is 0 Å². The lowest BCUT2D eigenvalue weighted by molar-refractivity contribution is -0.127. The third kappa shape index (κ3) is 4.13. The number of imide groups is 1. The van der Waals surface area contributed by atoms with Crippen LogP contribution in [0.1, 0.15) is 37.7 Å². The first-order valence-electron chi connectivity index (χ1n) is 11.3. The molecule has 0 radical (unpaired) electrons. The van der Waals surface area contributed by atoms with Crippen molar-refractivity contribution in [1.82, 2.24) is 18.8 Å². The lowest BCUT2D eigenvalue weighted by atomic mass is 9.91. The molecule has 2 aliphatic heterocycles. The lowest BCUT2D eigenvalue weighted by Crippen LogP contribution is -2.50. The third-order valence-corrected chi connectivity index (χ3v) is 8.98. The van der Waals surface area contributed by atoms with E-state index in [2.05, 4.69) is 11.2 Å². The van der Waals surface area contributed by atoms with Crippen LogP contribution >= 0.6 is 0 Å². The van der Waals surface area contributed by atoms with Crippen molar-refractivity contribution in [3.8, 4) is 0 Å². The Balaban J connectivity index is 1.27. The molecule has 172 valence electrons. The molecule has 0 bridgehead atoms. The van der Waals surface area contributed by atoms with Crippen LogP contribution in [0.15, 0.2) is 24.5 Å². The van der Waals surface area contributed by atoms with Crippen LogP contribution in [0.25, 0.3) is 5.52 Å². The number of sulfonamides is 1. The van der Waals surface area contributed by atoms with Gasteiger partial charge < -0.3 is 0 Å². The zero-order valence-corrected chi connectivity index (χ0v) is 19.1. The fourth-order valence-electron chi connectivity index (χ4n) is 4.74. The molecule has 2 aromatic heterocycles. The molecular formula is C22H29N5O4S. The van der Waals surface area contributed by atoms with Crippen molar-refractivity contribution >= 4 is 33.2 Å². The average Bonchev–Trinajstić information content (AvgIpc) is 3.48. The summed E-state index contributed by atoms with van der Waals surface area (Å²) in [5, 5.41) is 4.37. The molecule has 0 N–H and O–H groups in total. The number of hydrogen-bond acceptors (Lipinski definition) is 5. The van der Waals surface area contributed by atoms with Gasteiger partial charge in [0.1, 0.15) is 0 Å². The maximum atomic E-state index is 12.6. The van der Waals surface area contributed by atoms with Crippen LogP contribution in [0.5, 0.6) is 0 Å². The summed E-state index contributed by atoms with van der Waals surface area (Å²) in [7, 11) is -1.61. The first kappa shape index (κ1) is 21.4. The molecule has 1 aliphatic carbocycles. The number of amides is 3. The van der Waals surface area contributed by atoms with Gasteiger partial charge in [-0.3, -0.25) is 14.6 Å². The molecule has 0 unspecified atom stereocenters. The van der Waals surface area contributed by atoms with Crippen molar-refractivity contribution in [2.24, 2.45) is 11.8 Å². The molecular weight excluding hydrogens is 430 g/mol. The second-order valence-electron chi connectivity index (χ2n) is 9.30. The Labute approximate surface area is 188 Å². The lowest BCUT2D eigenvalue weighted by Gasteiger charge is -2.31. The van der Waals surface area contributed by atoms with E-state index >= 15 is 0 Å². The maximum absolute atomic E-state index is 12.6. The third-order valence-electron chi connectivity index (χ3n) is 6.93. The minimum Gasteiger partial charge on any atom is -0.290 e. The summed E-state index contributed by atoms with van der Waals surface area (Å²) in [6.45, 7) is 1.55. The molecule has 4 heterocycles. The van der Waals surface area contributed by atoms with Gasteiger partial charge in [-0.15, -0.1) is 0 Å². The summed E-state index contributed by atoms with van der Waals surface area (Å²) in [6, 6.07) is 3.76. The van der Waals surface area contributed by atoms with E-state index in [-0.39, 0.29) is 11.9 Å². The van der Waals surface area contributed by atoms with Crippen LogP contribution in [-0.4, -0.2) is 71.6 Å². The van der Waals surface area contributed by atoms with Crippen molar-refractivity contribution in [3.05, 3.63) is 30.1 Å². The van der Waals surface area contributed by atoms with E-state index < -0.39 is 10.0 Å². The summed E-state index contributed by atoms with van der Waals surface area (Å²) < 4.78 is 28.5. The van der Waals surface area contributed by atoms with Gasteiger partial charge in [-0.05, 0) is 61.6 Å². The quantitative estimate of drug-likeness (QED) is 0.659. The second-order valence-corrected chi connectivity index (χ2v) is 11.3. The smallest absolute Gasteiger partial charge is 0.290 e. The molecule has 2 saturated heterocycles. The molecule has 3 aliphatic rings. The summed E-state index contributed by atoms with van der Waals surface area (Å²) in [4.78, 5) is 27.2. The van der Waals surface area contributed by atoms with E-state index in [0.29, 0.717) is 49.3 Å². The number of hydrogen-bond donors (Lipinski definition) is 0. The van der Waals surface area contributed by atoms with E-state index in [1.54, 1.807) is 19.9 Å². The molecule has 32 heavy (non-hydrogen) atoms. The summed E-state index contributed by atoms with van der Waals surface area (Å²) in [5.41, 5.74) is 2.69. The number of carbonyl (C=O) groups is 2. The van der Waals surface area contributed by atoms with Gasteiger partial charge in [-0.2, -0.15) is 5.10 Å². The number of carbonyl (C=O) groups excluding carboxylic acids is 2. The monoisotopic (exact) mass is 459 g/mol. The number of pyridine rings is 1. The fraction of sp³-hybridized carbons (Fsp3) is 0.591. The number of piperidine rings is 1. The van der Waals surface area contributed by atoms with Gasteiger partial charge in [-0.25, -0.2) is 22.0 Å². The number of rotatable bonds is 6. The highest BCUT2D eigenvalue weighted by molar-refractivity contribution is 7.89. The fourth-order valence-corrected chi connectivity index (χ4v) is 6.65. The van der Waals surface area contributed by atoms with Gasteiger partial charge in [0.2, 0.25) is 15.9 Å². The molecule has 3 fully saturated rings. The standard InChI is InChI=1S/C22H29N5O4S/c1-24-21(28)7-10-26(22(24)29)20-14-23-27-11-6-18(13-19(20)27)12-16-4-8-25(9-5-16)32(30,31)15-17-2-3-17/h6,11,13-14,16-17H,2-5,7-10,12,15H2,1H3. The first-order chi connectivity index (χ1) is 15.3. The van der Waals surface area contributed by atoms with Crippen LogP contribution in [0.4, 0.5) is 10.5 Å². The highest BCUT2D eigenvalue weighted by Gasteiger charge is 2.34. The highest BCUT2D eigenvalue weighted by Crippen LogP contribution is 2.33. The Bertz CT molecular complexity index is 1150. The Morgan fingerprint density at radius 3 is 2.53 bits per heavy atom. The predicted molar refractivity (Wildman–Crippen MR) is 120 cm³/mol. The number of fused-ring (bicyclic) bond motifs is 1. The van der Waals surface area contributed by atoms with Crippen LogP contribution in [0.2, 0.25) is 0 Å². The Morgan fingerprint density at radius 1 is 1.06 bits per heavy atom. The van der Waals surface area contributed by atoms with E-state index in [4.69, 9.17) is 0 Å². The van der Waals surface area contributed by atoms with Crippen LogP contribution in [0, 0.1) is 11.8 Å². The van der Waals surface area contributed by atoms with Gasteiger partial charge >= 0.3 is 6.03 Å². The number of urea groups is 1. The van der Waals surface area contributed by atoms with Crippen molar-refractivity contribution in [3.63, 3.8) is 0 Å². The summed E-state index contributed by atoms with van der Waals surface area (Å²) in [5.74, 6) is 0.943.